The van der Waals surface area contributed by atoms with Crippen LogP contribution in [0.15, 0.2) is 41.3 Å². The van der Waals surface area contributed by atoms with Crippen LogP contribution in [-0.2, 0) is 10.0 Å². The Balaban J connectivity index is 1.96. The summed E-state index contributed by atoms with van der Waals surface area (Å²) in [6.07, 6.45) is 0. The van der Waals surface area contributed by atoms with Crippen LogP contribution in [0.25, 0.3) is 5.69 Å². The molecule has 0 radical (unpaired) electrons. The first-order valence-electron chi connectivity index (χ1n) is 8.61. The predicted molar refractivity (Wildman–Crippen MR) is 108 cm³/mol. The Morgan fingerprint density at radius 1 is 1.20 bits per heavy atom. The van der Waals surface area contributed by atoms with Gasteiger partial charge in [0.1, 0.15) is 0 Å². The van der Waals surface area contributed by atoms with Crippen molar-refractivity contribution in [3.8, 4) is 5.69 Å². The summed E-state index contributed by atoms with van der Waals surface area (Å²) in [7, 11) is -3.95. The predicted octanol–water partition coefficient (Wildman–Crippen LogP) is 2.00. The minimum atomic E-state index is -3.95. The van der Waals surface area contributed by atoms with E-state index in [2.05, 4.69) is 15.6 Å². The average molecular weight is 430 g/mol. The topological polar surface area (TPSA) is 163 Å². The molecule has 1 heterocycles. The van der Waals surface area contributed by atoms with Crippen molar-refractivity contribution < 1.29 is 18.1 Å². The van der Waals surface area contributed by atoms with Gasteiger partial charge in [-0.15, -0.1) is 5.10 Å². The smallest absolute Gasteiger partial charge is 0.278 e. The van der Waals surface area contributed by atoms with Crippen LogP contribution in [-0.4, -0.2) is 34.2 Å². The lowest BCUT2D eigenvalue weighted by atomic mass is 10.1. The number of nitrogens with zero attached hydrogens (tertiary/aromatic N) is 4. The Morgan fingerprint density at radius 2 is 1.90 bits per heavy atom. The number of sulfonamides is 1. The van der Waals surface area contributed by atoms with E-state index in [4.69, 9.17) is 5.14 Å². The summed E-state index contributed by atoms with van der Waals surface area (Å²) in [5.41, 5.74) is 2.15. The summed E-state index contributed by atoms with van der Waals surface area (Å²) < 4.78 is 24.7. The number of nitrogens with two attached hydrogens (primary N) is 1. The Morgan fingerprint density at radius 3 is 2.53 bits per heavy atom. The van der Waals surface area contributed by atoms with Gasteiger partial charge in [-0.05, 0) is 50.1 Å². The summed E-state index contributed by atoms with van der Waals surface area (Å²) >= 11 is 0. The van der Waals surface area contributed by atoms with Crippen molar-refractivity contribution in [2.45, 2.75) is 25.7 Å². The van der Waals surface area contributed by atoms with E-state index in [1.807, 2.05) is 0 Å². The van der Waals surface area contributed by atoms with Crippen LogP contribution in [0.2, 0.25) is 0 Å². The van der Waals surface area contributed by atoms with E-state index in [1.165, 1.54) is 35.0 Å². The average Bonchev–Trinajstić information content (AvgIpc) is 3.06. The van der Waals surface area contributed by atoms with E-state index in [0.717, 1.165) is 0 Å². The zero-order valence-electron chi connectivity index (χ0n) is 16.3. The number of aryl methyl sites for hydroxylation is 1. The number of primary sulfonamides is 1. The molecule has 156 valence electrons. The summed E-state index contributed by atoms with van der Waals surface area (Å²) in [6.45, 7) is 5.01. The summed E-state index contributed by atoms with van der Waals surface area (Å²) in [5.74, 6) is -0.613. The fourth-order valence-corrected chi connectivity index (χ4v) is 3.45. The van der Waals surface area contributed by atoms with E-state index in [9.17, 15) is 23.3 Å². The SMILES string of the molecule is Cc1cc(S(N)(=O)=O)cc(NC(=O)c2nnn(-c3cccc([N+](=O)[O-])c3)c2C)c1C. The van der Waals surface area contributed by atoms with Gasteiger partial charge in [-0.1, -0.05) is 11.3 Å². The number of carbonyl (C=O) groups excluding carboxylic acids is 1. The fraction of sp³-hybridized carbons (Fsp3) is 0.167. The number of carbonyl (C=O) groups is 1. The van der Waals surface area contributed by atoms with Gasteiger partial charge >= 0.3 is 0 Å². The quantitative estimate of drug-likeness (QED) is 0.462. The maximum Gasteiger partial charge on any atom is 0.278 e. The van der Waals surface area contributed by atoms with E-state index >= 15 is 0 Å². The molecule has 3 N–H and O–H groups in total. The molecule has 30 heavy (non-hydrogen) atoms. The van der Waals surface area contributed by atoms with Crippen molar-refractivity contribution in [3.63, 3.8) is 0 Å². The number of hydrogen-bond acceptors (Lipinski definition) is 7. The Kier molecular flexibility index (Phi) is 5.37. The van der Waals surface area contributed by atoms with Gasteiger partial charge in [0.05, 0.1) is 21.2 Å². The minimum absolute atomic E-state index is 0.0143. The number of anilines is 1. The third-order valence-corrected chi connectivity index (χ3v) is 5.51. The third kappa shape index (κ3) is 4.04. The van der Waals surface area contributed by atoms with E-state index in [-0.39, 0.29) is 22.0 Å². The molecule has 0 aliphatic rings. The number of nitrogens with one attached hydrogen (secondary N) is 1. The molecular weight excluding hydrogens is 412 g/mol. The van der Waals surface area contributed by atoms with Crippen LogP contribution < -0.4 is 10.5 Å². The largest absolute Gasteiger partial charge is 0.320 e. The Labute approximate surface area is 171 Å². The molecule has 0 fully saturated rings. The second kappa shape index (κ2) is 7.65. The number of rotatable bonds is 5. The second-order valence-electron chi connectivity index (χ2n) is 6.62. The number of nitro groups is 1. The van der Waals surface area contributed by atoms with Gasteiger partial charge in [-0.25, -0.2) is 18.2 Å². The highest BCUT2D eigenvalue weighted by atomic mass is 32.2. The molecule has 11 nitrogen and oxygen atoms in total. The van der Waals surface area contributed by atoms with E-state index in [0.29, 0.717) is 22.5 Å². The summed E-state index contributed by atoms with van der Waals surface area (Å²) in [6, 6.07) is 8.44. The van der Waals surface area contributed by atoms with Gasteiger partial charge in [0.25, 0.3) is 11.6 Å². The molecule has 1 aromatic heterocycles. The number of non-ortho nitro benzene ring substituents is 1. The molecule has 12 heteroatoms. The molecule has 0 aliphatic carbocycles. The number of aromatic nitrogens is 3. The van der Waals surface area contributed by atoms with Crippen molar-refractivity contribution in [3.05, 3.63) is 69.0 Å². The molecule has 0 spiro atoms. The maximum atomic E-state index is 12.8. The van der Waals surface area contributed by atoms with Gasteiger partial charge in [0, 0.05) is 17.8 Å². The monoisotopic (exact) mass is 430 g/mol. The van der Waals surface area contributed by atoms with Gasteiger partial charge in [-0.2, -0.15) is 0 Å². The summed E-state index contributed by atoms with van der Waals surface area (Å²) in [5, 5.41) is 26.6. The van der Waals surface area contributed by atoms with Gasteiger partial charge < -0.3 is 5.32 Å². The van der Waals surface area contributed by atoms with Crippen LogP contribution in [0.5, 0.6) is 0 Å². The van der Waals surface area contributed by atoms with Crippen LogP contribution in [0, 0.1) is 30.9 Å². The molecule has 0 atom stereocenters. The number of hydrogen-bond donors (Lipinski definition) is 2. The highest BCUT2D eigenvalue weighted by Gasteiger charge is 2.21. The zero-order valence-corrected chi connectivity index (χ0v) is 17.1. The number of nitro benzene ring substituents is 1. The lowest BCUT2D eigenvalue weighted by Gasteiger charge is -2.12. The molecular formula is C18H18N6O5S. The molecule has 0 bridgehead atoms. The van der Waals surface area contributed by atoms with Gasteiger partial charge in [-0.3, -0.25) is 14.9 Å². The molecule has 0 aliphatic heterocycles. The second-order valence-corrected chi connectivity index (χ2v) is 8.19. The first-order valence-corrected chi connectivity index (χ1v) is 10.2. The molecule has 0 unspecified atom stereocenters. The standard InChI is InChI=1S/C18H18N6O5S/c1-10-7-15(30(19,28)29)9-16(11(10)2)20-18(25)17-12(3)23(22-21-17)13-5-4-6-14(8-13)24(26)27/h4-9H,1-3H3,(H,20,25)(H2,19,28,29). The molecule has 1 amide bonds. The molecule has 0 saturated carbocycles. The first-order chi connectivity index (χ1) is 14.0. The third-order valence-electron chi connectivity index (χ3n) is 4.61. The maximum absolute atomic E-state index is 12.8. The summed E-state index contributed by atoms with van der Waals surface area (Å²) in [4.78, 5) is 23.1. The lowest BCUT2D eigenvalue weighted by molar-refractivity contribution is -0.384. The van der Waals surface area contributed by atoms with Crippen molar-refractivity contribution in [2.75, 3.05) is 5.32 Å². The Hall–Kier alpha value is -3.64. The lowest BCUT2D eigenvalue weighted by Crippen LogP contribution is -2.17. The van der Waals surface area contributed by atoms with Gasteiger partial charge in [0.15, 0.2) is 5.69 Å². The molecule has 2 aromatic carbocycles. The first kappa shape index (κ1) is 21.1. The molecule has 3 aromatic rings. The van der Waals surface area contributed by atoms with Crippen molar-refractivity contribution in [2.24, 2.45) is 5.14 Å². The van der Waals surface area contributed by atoms with Crippen molar-refractivity contribution >= 4 is 27.3 Å². The molecule has 0 saturated heterocycles. The fourth-order valence-electron chi connectivity index (χ4n) is 2.82. The normalized spacial score (nSPS) is 11.3. The van der Waals surface area contributed by atoms with Crippen LogP contribution in [0.1, 0.15) is 27.3 Å². The van der Waals surface area contributed by atoms with Crippen molar-refractivity contribution in [1.29, 1.82) is 0 Å². The van der Waals surface area contributed by atoms with Crippen molar-refractivity contribution in [1.82, 2.24) is 15.0 Å². The number of benzene rings is 2. The van der Waals surface area contributed by atoms with Crippen LogP contribution >= 0.6 is 0 Å². The van der Waals surface area contributed by atoms with E-state index in [1.54, 1.807) is 26.8 Å². The van der Waals surface area contributed by atoms with Crippen LogP contribution in [0.3, 0.4) is 0 Å². The highest BCUT2D eigenvalue weighted by Crippen LogP contribution is 2.25. The highest BCUT2D eigenvalue weighted by molar-refractivity contribution is 7.89. The van der Waals surface area contributed by atoms with E-state index < -0.39 is 20.9 Å². The Bertz CT molecular complexity index is 1280. The zero-order chi connectivity index (χ0) is 22.2. The minimum Gasteiger partial charge on any atom is -0.320 e. The van der Waals surface area contributed by atoms with Crippen LogP contribution in [0.4, 0.5) is 11.4 Å². The molecule has 3 rings (SSSR count). The van der Waals surface area contributed by atoms with Gasteiger partial charge in [0.2, 0.25) is 10.0 Å². The number of amides is 1.